The molecule has 0 nitrogen and oxygen atoms in total. The minimum absolute atomic E-state index is 0.538. The minimum Gasteiger partial charge on any atom is -0.0955 e. The number of rotatable bonds is 4. The van der Waals surface area contributed by atoms with Crippen molar-refractivity contribution in [2.24, 2.45) is 5.92 Å². The maximum Gasteiger partial charge on any atom is -0.0143 e. The predicted molar refractivity (Wildman–Crippen MR) is 99.3 cm³/mol. The van der Waals surface area contributed by atoms with Crippen LogP contribution in [0.15, 0.2) is 43.0 Å². The van der Waals surface area contributed by atoms with E-state index in [-0.39, 0.29) is 0 Å². The molecule has 2 aromatic rings. The van der Waals surface area contributed by atoms with Crippen LogP contribution in [0.4, 0.5) is 0 Å². The number of hydrogen-bond donors (Lipinski definition) is 0. The van der Waals surface area contributed by atoms with Gasteiger partial charge in [0.2, 0.25) is 0 Å². The van der Waals surface area contributed by atoms with Crippen molar-refractivity contribution in [2.75, 3.05) is 0 Å². The lowest BCUT2D eigenvalue weighted by Gasteiger charge is -2.21. The van der Waals surface area contributed by atoms with Gasteiger partial charge in [-0.25, -0.2) is 0 Å². The first kappa shape index (κ1) is 16.5. The second-order valence-electron chi connectivity index (χ2n) is 6.91. The van der Waals surface area contributed by atoms with E-state index in [2.05, 4.69) is 84.5 Å². The average molecular weight is 292 g/mol. The summed E-state index contributed by atoms with van der Waals surface area (Å²) in [5.41, 5.74) is 9.14. The summed E-state index contributed by atoms with van der Waals surface area (Å²) in [6, 6.07) is 13.6. The van der Waals surface area contributed by atoms with Crippen molar-refractivity contribution in [1.82, 2.24) is 0 Å². The van der Waals surface area contributed by atoms with Gasteiger partial charge in [0.25, 0.3) is 0 Å². The Hall–Kier alpha value is -1.82. The van der Waals surface area contributed by atoms with Crippen molar-refractivity contribution in [1.29, 1.82) is 0 Å². The van der Waals surface area contributed by atoms with Gasteiger partial charge in [-0.1, -0.05) is 63.3 Å². The molecule has 0 aromatic heterocycles. The first-order valence-electron chi connectivity index (χ1n) is 8.18. The Morgan fingerprint density at radius 3 is 2.14 bits per heavy atom. The minimum atomic E-state index is 0.538. The first-order chi connectivity index (χ1) is 10.3. The maximum atomic E-state index is 4.10. The van der Waals surface area contributed by atoms with Crippen LogP contribution in [-0.2, 0) is 0 Å². The molecule has 0 aliphatic carbocycles. The molecular weight excluding hydrogens is 264 g/mol. The molecule has 0 heterocycles. The Kier molecular flexibility index (Phi) is 4.90. The monoisotopic (exact) mass is 292 g/mol. The van der Waals surface area contributed by atoms with Gasteiger partial charge in [0, 0.05) is 0 Å². The van der Waals surface area contributed by atoms with Crippen molar-refractivity contribution >= 4 is 5.57 Å². The van der Waals surface area contributed by atoms with Gasteiger partial charge in [-0.3, -0.25) is 0 Å². The van der Waals surface area contributed by atoms with E-state index in [0.29, 0.717) is 11.8 Å². The molecule has 1 atom stereocenters. The second kappa shape index (κ2) is 6.52. The molecule has 0 radical (unpaired) electrons. The largest absolute Gasteiger partial charge is 0.0955 e. The molecule has 0 saturated heterocycles. The Bertz CT molecular complexity index is 689. The summed E-state index contributed by atoms with van der Waals surface area (Å²) in [5, 5.41) is 0. The highest BCUT2D eigenvalue weighted by Crippen LogP contribution is 2.35. The maximum absolute atomic E-state index is 4.10. The lowest BCUT2D eigenvalue weighted by Crippen LogP contribution is -2.04. The zero-order valence-corrected chi connectivity index (χ0v) is 14.8. The van der Waals surface area contributed by atoms with Crippen molar-refractivity contribution in [3.8, 4) is 11.1 Å². The molecule has 0 saturated carbocycles. The molecule has 0 N–H and O–H groups in total. The molecule has 22 heavy (non-hydrogen) atoms. The Morgan fingerprint density at radius 2 is 1.59 bits per heavy atom. The van der Waals surface area contributed by atoms with E-state index in [9.17, 15) is 0 Å². The summed E-state index contributed by atoms with van der Waals surface area (Å²) >= 11 is 0. The third kappa shape index (κ3) is 3.32. The Labute approximate surface area is 135 Å². The standard InChI is InChI=1S/C22H28/c1-14(2)18(7)21-11-10-19(15(3)4)13-22(21)20-9-8-16(5)17(6)12-20/h8-14,18H,3H2,1-2,4-7H3. The smallest absolute Gasteiger partial charge is 0.0143 e. The zero-order chi connectivity index (χ0) is 16.4. The normalized spacial score (nSPS) is 12.5. The van der Waals surface area contributed by atoms with Crippen LogP contribution in [0.2, 0.25) is 0 Å². The topological polar surface area (TPSA) is 0 Å². The van der Waals surface area contributed by atoms with E-state index in [1.165, 1.54) is 33.4 Å². The van der Waals surface area contributed by atoms with E-state index in [1.807, 2.05) is 0 Å². The molecule has 0 bridgehead atoms. The van der Waals surface area contributed by atoms with E-state index in [1.54, 1.807) is 0 Å². The molecule has 0 fully saturated rings. The van der Waals surface area contributed by atoms with Crippen molar-refractivity contribution in [3.63, 3.8) is 0 Å². The van der Waals surface area contributed by atoms with Crippen LogP contribution >= 0.6 is 0 Å². The molecule has 0 spiro atoms. The van der Waals surface area contributed by atoms with E-state index >= 15 is 0 Å². The molecule has 0 aliphatic rings. The third-order valence-corrected chi connectivity index (χ3v) is 4.85. The van der Waals surface area contributed by atoms with Crippen molar-refractivity contribution < 1.29 is 0 Å². The van der Waals surface area contributed by atoms with Crippen molar-refractivity contribution in [3.05, 3.63) is 65.2 Å². The second-order valence-corrected chi connectivity index (χ2v) is 6.91. The molecular formula is C22H28. The summed E-state index contributed by atoms with van der Waals surface area (Å²) in [7, 11) is 0. The number of hydrogen-bond acceptors (Lipinski definition) is 0. The van der Waals surface area contributed by atoms with Crippen LogP contribution in [0.25, 0.3) is 16.7 Å². The van der Waals surface area contributed by atoms with Gasteiger partial charge in [-0.05, 0) is 72.1 Å². The number of benzene rings is 2. The number of allylic oxidation sites excluding steroid dienone is 1. The fourth-order valence-corrected chi connectivity index (χ4v) is 2.74. The lowest BCUT2D eigenvalue weighted by atomic mass is 9.83. The Balaban J connectivity index is 2.65. The van der Waals surface area contributed by atoms with Gasteiger partial charge >= 0.3 is 0 Å². The van der Waals surface area contributed by atoms with Crippen LogP contribution in [0.5, 0.6) is 0 Å². The molecule has 0 aliphatic heterocycles. The summed E-state index contributed by atoms with van der Waals surface area (Å²) in [6.45, 7) is 17.4. The van der Waals surface area contributed by atoms with Crippen molar-refractivity contribution in [2.45, 2.75) is 47.5 Å². The first-order valence-corrected chi connectivity index (χ1v) is 8.18. The quantitative estimate of drug-likeness (QED) is 0.583. The van der Waals surface area contributed by atoms with Gasteiger partial charge in [0.1, 0.15) is 0 Å². The highest BCUT2D eigenvalue weighted by Gasteiger charge is 2.16. The highest BCUT2D eigenvalue weighted by atomic mass is 14.2. The van der Waals surface area contributed by atoms with Crippen LogP contribution < -0.4 is 0 Å². The molecule has 2 rings (SSSR count). The SMILES string of the molecule is C=C(C)c1ccc(C(C)C(C)C)c(-c2ccc(C)c(C)c2)c1. The van der Waals surface area contributed by atoms with E-state index in [4.69, 9.17) is 0 Å². The fraction of sp³-hybridized carbons (Fsp3) is 0.364. The average Bonchev–Trinajstić information content (AvgIpc) is 2.48. The van der Waals surface area contributed by atoms with Crippen LogP contribution in [0.1, 0.15) is 55.9 Å². The number of aryl methyl sites for hydroxylation is 2. The predicted octanol–water partition coefficient (Wildman–Crippen LogP) is 6.76. The summed E-state index contributed by atoms with van der Waals surface area (Å²) in [5.74, 6) is 1.16. The highest BCUT2D eigenvalue weighted by molar-refractivity contribution is 5.74. The molecule has 0 amide bonds. The molecule has 0 heteroatoms. The molecule has 1 unspecified atom stereocenters. The zero-order valence-electron chi connectivity index (χ0n) is 14.8. The van der Waals surface area contributed by atoms with Gasteiger partial charge in [0.15, 0.2) is 0 Å². The van der Waals surface area contributed by atoms with Gasteiger partial charge < -0.3 is 0 Å². The summed E-state index contributed by atoms with van der Waals surface area (Å²) in [4.78, 5) is 0. The third-order valence-electron chi connectivity index (χ3n) is 4.85. The van der Waals surface area contributed by atoms with Crippen LogP contribution in [0.3, 0.4) is 0 Å². The van der Waals surface area contributed by atoms with Crippen LogP contribution in [-0.4, -0.2) is 0 Å². The van der Waals surface area contributed by atoms with Gasteiger partial charge in [-0.2, -0.15) is 0 Å². The fourth-order valence-electron chi connectivity index (χ4n) is 2.74. The Morgan fingerprint density at radius 1 is 0.909 bits per heavy atom. The summed E-state index contributed by atoms with van der Waals surface area (Å²) in [6.07, 6.45) is 0. The van der Waals surface area contributed by atoms with Gasteiger partial charge in [-0.15, -0.1) is 0 Å². The van der Waals surface area contributed by atoms with E-state index in [0.717, 1.165) is 5.57 Å². The molecule has 2 aromatic carbocycles. The summed E-state index contributed by atoms with van der Waals surface area (Å²) < 4.78 is 0. The molecule has 116 valence electrons. The lowest BCUT2D eigenvalue weighted by molar-refractivity contribution is 0.536. The van der Waals surface area contributed by atoms with E-state index < -0.39 is 0 Å². The van der Waals surface area contributed by atoms with Crippen LogP contribution in [0, 0.1) is 19.8 Å². The van der Waals surface area contributed by atoms with Gasteiger partial charge in [0.05, 0.1) is 0 Å².